The van der Waals surface area contributed by atoms with Crippen molar-refractivity contribution in [3.05, 3.63) is 60.2 Å². The van der Waals surface area contributed by atoms with E-state index in [0.29, 0.717) is 62.4 Å². The molecule has 3 aliphatic rings. The van der Waals surface area contributed by atoms with Gasteiger partial charge in [0.05, 0.1) is 18.8 Å². The number of hydrogen-bond acceptors (Lipinski definition) is 10. The number of aromatic nitrogens is 2. The predicted octanol–water partition coefficient (Wildman–Crippen LogP) is 4.61. The third kappa shape index (κ3) is 7.91. The average Bonchev–Trinajstić information content (AvgIpc) is 3.59. The maximum absolute atomic E-state index is 12.6. The van der Waals surface area contributed by atoms with Gasteiger partial charge in [-0.15, -0.1) is 0 Å². The van der Waals surface area contributed by atoms with Crippen LogP contribution in [0.3, 0.4) is 0 Å². The molecule has 0 bridgehead atoms. The van der Waals surface area contributed by atoms with Gasteiger partial charge in [-0.2, -0.15) is 0 Å². The summed E-state index contributed by atoms with van der Waals surface area (Å²) in [5.74, 6) is 1.52. The highest BCUT2D eigenvalue weighted by Gasteiger charge is 2.37. The van der Waals surface area contributed by atoms with Gasteiger partial charge in [-0.05, 0) is 63.6 Å². The zero-order valence-electron chi connectivity index (χ0n) is 27.0. The molecule has 0 radical (unpaired) electrons. The molecule has 3 amide bonds. The van der Waals surface area contributed by atoms with Gasteiger partial charge >= 0.3 is 12.2 Å². The number of cyclic esters (lactones) is 1. The smallest absolute Gasteiger partial charge is 0.415 e. The fourth-order valence-corrected chi connectivity index (χ4v) is 5.66. The molecule has 2 fully saturated rings. The van der Waals surface area contributed by atoms with E-state index in [1.807, 2.05) is 57.2 Å². The van der Waals surface area contributed by atoms with E-state index in [9.17, 15) is 14.4 Å². The van der Waals surface area contributed by atoms with E-state index in [2.05, 4.69) is 28.6 Å². The molecule has 47 heavy (non-hydrogen) atoms. The molecule has 1 aromatic carbocycles. The van der Waals surface area contributed by atoms with Crippen LogP contribution in [0.25, 0.3) is 11.3 Å². The van der Waals surface area contributed by atoms with Gasteiger partial charge in [-0.25, -0.2) is 19.6 Å². The molecule has 13 heteroatoms. The number of rotatable bonds is 9. The number of anilines is 2. The Morgan fingerprint density at radius 1 is 1.06 bits per heavy atom. The maximum Gasteiger partial charge on any atom is 0.415 e. The van der Waals surface area contributed by atoms with Crippen molar-refractivity contribution in [1.29, 1.82) is 0 Å². The minimum atomic E-state index is -0.549. The SMILES string of the molecule is C[C@@H]1CN(C(=O)OC(C)(C)C)C[C@H]1Oc1cccc(-c2cccc(CNCC[C@H]3CN(c4ccc5c(n4)NC(=O)CO5)C(=O)O3)c2)n1. The van der Waals surface area contributed by atoms with Gasteiger partial charge in [0.25, 0.3) is 5.91 Å². The van der Waals surface area contributed by atoms with E-state index >= 15 is 0 Å². The molecule has 2 N–H and O–H groups in total. The second kappa shape index (κ2) is 13.4. The first-order valence-corrected chi connectivity index (χ1v) is 15.8. The fraction of sp³-hybridized carbons (Fsp3) is 0.441. The third-order valence-electron chi connectivity index (χ3n) is 8.00. The van der Waals surface area contributed by atoms with Crippen LogP contribution in [0.2, 0.25) is 0 Å². The number of amides is 3. The Morgan fingerprint density at radius 2 is 1.89 bits per heavy atom. The van der Waals surface area contributed by atoms with Crippen LogP contribution in [0.5, 0.6) is 11.6 Å². The van der Waals surface area contributed by atoms with Crippen molar-refractivity contribution in [3.8, 4) is 22.9 Å². The number of likely N-dealkylation sites (tertiary alicyclic amines) is 1. The molecule has 2 aromatic heterocycles. The fourth-order valence-electron chi connectivity index (χ4n) is 5.66. The minimum Gasteiger partial charge on any atom is -0.480 e. The lowest BCUT2D eigenvalue weighted by Crippen LogP contribution is -2.36. The molecule has 248 valence electrons. The van der Waals surface area contributed by atoms with Gasteiger partial charge in [-0.1, -0.05) is 31.2 Å². The molecular weight excluding hydrogens is 604 g/mol. The number of carbonyl (C=O) groups excluding carboxylic acids is 3. The summed E-state index contributed by atoms with van der Waals surface area (Å²) in [5, 5.41) is 6.10. The number of hydrogen-bond donors (Lipinski definition) is 2. The van der Waals surface area contributed by atoms with Crippen molar-refractivity contribution < 1.29 is 33.3 Å². The molecule has 3 aromatic rings. The Morgan fingerprint density at radius 3 is 2.72 bits per heavy atom. The van der Waals surface area contributed by atoms with Crippen molar-refractivity contribution in [3.63, 3.8) is 0 Å². The first kappa shape index (κ1) is 32.0. The summed E-state index contributed by atoms with van der Waals surface area (Å²) in [6.07, 6.45) is -0.656. The number of pyridine rings is 2. The highest BCUT2D eigenvalue weighted by molar-refractivity contribution is 5.95. The Hall–Kier alpha value is -4.91. The Kier molecular flexibility index (Phi) is 9.17. The monoisotopic (exact) mass is 644 g/mol. The molecule has 0 unspecified atom stereocenters. The number of nitrogens with zero attached hydrogens (tertiary/aromatic N) is 4. The average molecular weight is 645 g/mol. The van der Waals surface area contributed by atoms with Crippen LogP contribution in [0.4, 0.5) is 21.2 Å². The van der Waals surface area contributed by atoms with E-state index in [1.165, 1.54) is 4.90 Å². The van der Waals surface area contributed by atoms with Crippen molar-refractivity contribution in [2.75, 3.05) is 43.0 Å². The summed E-state index contributed by atoms with van der Waals surface area (Å²) in [7, 11) is 0. The Labute approximate surface area is 273 Å². The molecule has 5 heterocycles. The van der Waals surface area contributed by atoms with Gasteiger partial charge in [0, 0.05) is 30.6 Å². The number of fused-ring (bicyclic) bond motifs is 1. The zero-order chi connectivity index (χ0) is 33.1. The van der Waals surface area contributed by atoms with E-state index in [-0.39, 0.29) is 36.7 Å². The van der Waals surface area contributed by atoms with E-state index < -0.39 is 11.7 Å². The van der Waals surface area contributed by atoms with Crippen LogP contribution in [0.1, 0.15) is 39.7 Å². The van der Waals surface area contributed by atoms with Crippen LogP contribution in [0.15, 0.2) is 54.6 Å². The molecule has 0 aliphatic carbocycles. The predicted molar refractivity (Wildman–Crippen MR) is 173 cm³/mol. The lowest BCUT2D eigenvalue weighted by molar-refractivity contribution is -0.118. The summed E-state index contributed by atoms with van der Waals surface area (Å²) < 4.78 is 22.7. The van der Waals surface area contributed by atoms with Gasteiger partial charge in [0.1, 0.15) is 23.6 Å². The van der Waals surface area contributed by atoms with Gasteiger partial charge in [0.15, 0.2) is 18.2 Å². The molecule has 13 nitrogen and oxygen atoms in total. The lowest BCUT2D eigenvalue weighted by atomic mass is 10.1. The number of ether oxygens (including phenoxy) is 4. The molecule has 0 spiro atoms. The number of nitrogens with one attached hydrogen (secondary N) is 2. The van der Waals surface area contributed by atoms with E-state index in [4.69, 9.17) is 23.9 Å². The molecule has 2 saturated heterocycles. The molecule has 6 rings (SSSR count). The quantitative estimate of drug-likeness (QED) is 0.317. The highest BCUT2D eigenvalue weighted by atomic mass is 16.6. The van der Waals surface area contributed by atoms with Crippen molar-refractivity contribution in [1.82, 2.24) is 20.2 Å². The summed E-state index contributed by atoms with van der Waals surface area (Å²) >= 11 is 0. The topological polar surface area (TPSA) is 144 Å². The lowest BCUT2D eigenvalue weighted by Gasteiger charge is -2.24. The second-order valence-electron chi connectivity index (χ2n) is 13.0. The second-order valence-corrected chi connectivity index (χ2v) is 13.0. The maximum atomic E-state index is 12.6. The van der Waals surface area contributed by atoms with Crippen molar-refractivity contribution in [2.24, 2.45) is 5.92 Å². The van der Waals surface area contributed by atoms with Crippen molar-refractivity contribution >= 4 is 29.7 Å². The van der Waals surface area contributed by atoms with Crippen LogP contribution in [-0.2, 0) is 20.8 Å². The van der Waals surface area contributed by atoms with Crippen LogP contribution in [-0.4, -0.2) is 83.6 Å². The zero-order valence-corrected chi connectivity index (χ0v) is 27.0. The first-order chi connectivity index (χ1) is 22.5. The van der Waals surface area contributed by atoms with Crippen LogP contribution < -0.4 is 25.0 Å². The number of carbonyl (C=O) groups is 3. The summed E-state index contributed by atoms with van der Waals surface area (Å²) in [6.45, 7) is 10.2. The molecule has 3 aliphatic heterocycles. The van der Waals surface area contributed by atoms with Gasteiger partial charge in [-0.3, -0.25) is 9.69 Å². The molecule has 3 atom stereocenters. The first-order valence-electron chi connectivity index (χ1n) is 15.8. The van der Waals surface area contributed by atoms with Gasteiger partial charge < -0.3 is 34.5 Å². The van der Waals surface area contributed by atoms with Gasteiger partial charge in [0.2, 0.25) is 5.88 Å². The minimum absolute atomic E-state index is 0.0586. The van der Waals surface area contributed by atoms with Crippen LogP contribution in [0, 0.1) is 5.92 Å². The normalized spacial score (nSPS) is 20.7. The molecular formula is C34H40N6O7. The highest BCUT2D eigenvalue weighted by Crippen LogP contribution is 2.31. The summed E-state index contributed by atoms with van der Waals surface area (Å²) in [4.78, 5) is 49.0. The standard InChI is InChI=1S/C34H40N6O7/c1-21-17-39(32(42)47-34(2,3)4)19-27(21)46-30-10-6-9-25(36-30)23-8-5-7-22(15-23)16-35-14-13-24-18-40(33(43)45-24)28-12-11-26-31(37-28)38-29(41)20-44-26/h5-12,15,21,24,27,35H,13-14,16-20H2,1-4H3,(H,37,38,41)/t21-,24+,27-/m1/s1. The summed E-state index contributed by atoms with van der Waals surface area (Å²) in [5.41, 5.74) is 2.29. The van der Waals surface area contributed by atoms with E-state index in [1.54, 1.807) is 17.0 Å². The number of benzene rings is 1. The van der Waals surface area contributed by atoms with E-state index in [0.717, 1.165) is 16.8 Å². The largest absolute Gasteiger partial charge is 0.480 e. The Bertz CT molecular complexity index is 1640. The summed E-state index contributed by atoms with van der Waals surface area (Å²) in [6, 6.07) is 17.2. The molecule has 0 saturated carbocycles. The van der Waals surface area contributed by atoms with Crippen molar-refractivity contribution in [2.45, 2.75) is 58.5 Å². The Balaban J connectivity index is 0.989. The van der Waals surface area contributed by atoms with Crippen LogP contribution >= 0.6 is 0 Å². The third-order valence-corrected chi connectivity index (χ3v) is 8.00.